The highest BCUT2D eigenvalue weighted by molar-refractivity contribution is 5.84. The molecule has 0 unspecified atom stereocenters. The van der Waals surface area contributed by atoms with Gasteiger partial charge in [0.2, 0.25) is 0 Å². The Morgan fingerprint density at radius 3 is 2.40 bits per heavy atom. The Labute approximate surface area is 147 Å². The van der Waals surface area contributed by atoms with Crippen molar-refractivity contribution >= 4 is 12.1 Å². The van der Waals surface area contributed by atoms with Gasteiger partial charge in [-0.25, -0.2) is 9.82 Å². The molecule has 25 heavy (non-hydrogen) atoms. The molecule has 1 fully saturated rings. The maximum atomic E-state index is 12.9. The standard InChI is InChI=1S/C20H22FN3O/c21-18-11-9-16(10-12-18)15-22-23-20(25)19(17-7-3-1-4-8-17)24-13-5-2-6-14-24/h1,3-4,7-12,15,19H,2,5-6,13-14H2,(H,23,25)/p+1/b22-15-/t19-/m0/s1. The second-order valence-corrected chi connectivity index (χ2v) is 6.35. The van der Waals surface area contributed by atoms with Crippen LogP contribution >= 0.6 is 0 Å². The highest BCUT2D eigenvalue weighted by Crippen LogP contribution is 2.11. The summed E-state index contributed by atoms with van der Waals surface area (Å²) in [6.07, 6.45) is 5.05. The van der Waals surface area contributed by atoms with Gasteiger partial charge in [-0.05, 0) is 37.0 Å². The van der Waals surface area contributed by atoms with E-state index in [0.717, 1.165) is 37.1 Å². The fourth-order valence-corrected chi connectivity index (χ4v) is 3.30. The van der Waals surface area contributed by atoms with Crippen molar-refractivity contribution in [1.29, 1.82) is 0 Å². The van der Waals surface area contributed by atoms with Crippen LogP contribution in [0.4, 0.5) is 4.39 Å². The molecule has 1 aliphatic heterocycles. The van der Waals surface area contributed by atoms with E-state index in [-0.39, 0.29) is 17.8 Å². The number of likely N-dealkylation sites (tertiary alicyclic amines) is 1. The fourth-order valence-electron chi connectivity index (χ4n) is 3.30. The molecule has 1 saturated heterocycles. The van der Waals surface area contributed by atoms with E-state index in [9.17, 15) is 9.18 Å². The molecule has 1 heterocycles. The maximum Gasteiger partial charge on any atom is 0.303 e. The SMILES string of the molecule is O=C(N/N=C\c1ccc(F)cc1)[C@H](c1ccccc1)[NH+]1CCCCC1. The number of carbonyl (C=O) groups is 1. The molecule has 1 atom stereocenters. The van der Waals surface area contributed by atoms with Gasteiger partial charge in [0.05, 0.1) is 19.3 Å². The van der Waals surface area contributed by atoms with Crippen LogP contribution in [0, 0.1) is 5.82 Å². The second-order valence-electron chi connectivity index (χ2n) is 6.35. The zero-order chi connectivity index (χ0) is 17.5. The lowest BCUT2D eigenvalue weighted by molar-refractivity contribution is -0.926. The topological polar surface area (TPSA) is 45.9 Å². The van der Waals surface area contributed by atoms with Crippen molar-refractivity contribution in [2.45, 2.75) is 25.3 Å². The van der Waals surface area contributed by atoms with Crippen LogP contribution in [0.2, 0.25) is 0 Å². The molecule has 0 saturated carbocycles. The summed E-state index contributed by atoms with van der Waals surface area (Å²) < 4.78 is 12.9. The van der Waals surface area contributed by atoms with Crippen LogP contribution in [0.1, 0.15) is 36.4 Å². The lowest BCUT2D eigenvalue weighted by Gasteiger charge is -2.30. The van der Waals surface area contributed by atoms with Gasteiger partial charge in [0.1, 0.15) is 5.82 Å². The molecule has 0 bridgehead atoms. The summed E-state index contributed by atoms with van der Waals surface area (Å²) in [6, 6.07) is 15.6. The Bertz CT molecular complexity index is 709. The van der Waals surface area contributed by atoms with Crippen LogP contribution in [0.3, 0.4) is 0 Å². The minimum Gasteiger partial charge on any atom is -0.321 e. The van der Waals surface area contributed by atoms with E-state index in [4.69, 9.17) is 0 Å². The molecule has 5 heteroatoms. The van der Waals surface area contributed by atoms with Crippen molar-refractivity contribution in [2.75, 3.05) is 13.1 Å². The number of nitrogens with zero attached hydrogens (tertiary/aromatic N) is 1. The molecule has 130 valence electrons. The predicted octanol–water partition coefficient (Wildman–Crippen LogP) is 2.09. The van der Waals surface area contributed by atoms with Crippen molar-refractivity contribution < 1.29 is 14.1 Å². The molecule has 0 aromatic heterocycles. The van der Waals surface area contributed by atoms with Gasteiger partial charge < -0.3 is 4.90 Å². The summed E-state index contributed by atoms with van der Waals surface area (Å²) >= 11 is 0. The first-order chi connectivity index (χ1) is 12.2. The smallest absolute Gasteiger partial charge is 0.303 e. The molecular weight excluding hydrogens is 317 g/mol. The Morgan fingerprint density at radius 1 is 1.04 bits per heavy atom. The maximum absolute atomic E-state index is 12.9. The number of nitrogens with one attached hydrogen (secondary N) is 2. The van der Waals surface area contributed by atoms with Gasteiger partial charge in [0, 0.05) is 5.56 Å². The Morgan fingerprint density at radius 2 is 1.72 bits per heavy atom. The third-order valence-electron chi connectivity index (χ3n) is 4.56. The number of hydrogen-bond acceptors (Lipinski definition) is 2. The Hall–Kier alpha value is -2.53. The van der Waals surface area contributed by atoms with Crippen molar-refractivity contribution in [3.05, 3.63) is 71.5 Å². The van der Waals surface area contributed by atoms with Crippen LogP contribution in [0.15, 0.2) is 59.7 Å². The van der Waals surface area contributed by atoms with Gasteiger partial charge in [0.15, 0.2) is 6.04 Å². The van der Waals surface area contributed by atoms with Gasteiger partial charge in [-0.2, -0.15) is 5.10 Å². The molecule has 2 N–H and O–H groups in total. The number of halogens is 1. The summed E-state index contributed by atoms with van der Waals surface area (Å²) in [4.78, 5) is 14.1. The average molecular weight is 340 g/mol. The van der Waals surface area contributed by atoms with Crippen LogP contribution in [0.5, 0.6) is 0 Å². The normalized spacial score (nSPS) is 16.7. The predicted molar refractivity (Wildman–Crippen MR) is 95.9 cm³/mol. The molecule has 2 aromatic rings. The third kappa shape index (κ3) is 4.73. The summed E-state index contributed by atoms with van der Waals surface area (Å²) in [7, 11) is 0. The number of piperidine rings is 1. The van der Waals surface area contributed by atoms with Crippen LogP contribution in [0.25, 0.3) is 0 Å². The molecule has 1 aliphatic rings. The molecular formula is C20H23FN3O+. The number of carbonyl (C=O) groups excluding carboxylic acids is 1. The van der Waals surface area contributed by atoms with Crippen LogP contribution in [-0.2, 0) is 4.79 Å². The molecule has 0 aliphatic carbocycles. The Kier molecular flexibility index (Phi) is 5.90. The summed E-state index contributed by atoms with van der Waals surface area (Å²) in [5, 5.41) is 4.05. The number of quaternary nitrogens is 1. The fraction of sp³-hybridized carbons (Fsp3) is 0.300. The van der Waals surface area contributed by atoms with E-state index in [1.807, 2.05) is 30.3 Å². The first kappa shape index (κ1) is 17.3. The van der Waals surface area contributed by atoms with Crippen molar-refractivity contribution in [1.82, 2.24) is 5.43 Å². The lowest BCUT2D eigenvalue weighted by atomic mass is 10.0. The van der Waals surface area contributed by atoms with Gasteiger partial charge in [-0.3, -0.25) is 4.79 Å². The molecule has 0 radical (unpaired) electrons. The first-order valence-corrected chi connectivity index (χ1v) is 8.72. The van der Waals surface area contributed by atoms with E-state index in [1.165, 1.54) is 29.7 Å². The van der Waals surface area contributed by atoms with Crippen molar-refractivity contribution in [3.63, 3.8) is 0 Å². The minimum absolute atomic E-state index is 0.110. The number of hydrogen-bond donors (Lipinski definition) is 2. The van der Waals surface area contributed by atoms with Crippen molar-refractivity contribution in [2.24, 2.45) is 5.10 Å². The number of benzene rings is 2. The molecule has 4 nitrogen and oxygen atoms in total. The highest BCUT2D eigenvalue weighted by atomic mass is 19.1. The zero-order valence-electron chi connectivity index (χ0n) is 14.1. The quantitative estimate of drug-likeness (QED) is 0.635. The van der Waals surface area contributed by atoms with E-state index < -0.39 is 0 Å². The lowest BCUT2D eigenvalue weighted by Crippen LogP contribution is -3.14. The van der Waals surface area contributed by atoms with E-state index in [2.05, 4.69) is 10.5 Å². The Balaban J connectivity index is 1.71. The van der Waals surface area contributed by atoms with Gasteiger partial charge in [0.25, 0.3) is 0 Å². The van der Waals surface area contributed by atoms with Crippen LogP contribution < -0.4 is 10.3 Å². The zero-order valence-corrected chi connectivity index (χ0v) is 14.1. The van der Waals surface area contributed by atoms with Crippen molar-refractivity contribution in [3.8, 4) is 0 Å². The second kappa shape index (κ2) is 8.53. The number of amides is 1. The van der Waals surface area contributed by atoms with E-state index in [1.54, 1.807) is 12.1 Å². The van der Waals surface area contributed by atoms with E-state index >= 15 is 0 Å². The van der Waals surface area contributed by atoms with Crippen LogP contribution in [-0.4, -0.2) is 25.2 Å². The van der Waals surface area contributed by atoms with Gasteiger partial charge >= 0.3 is 5.91 Å². The number of rotatable bonds is 5. The average Bonchev–Trinajstić information content (AvgIpc) is 2.65. The molecule has 0 spiro atoms. The molecule has 3 rings (SSSR count). The summed E-state index contributed by atoms with van der Waals surface area (Å²) in [5.74, 6) is -0.402. The first-order valence-electron chi connectivity index (χ1n) is 8.72. The highest BCUT2D eigenvalue weighted by Gasteiger charge is 2.32. The minimum atomic E-state index is -0.293. The number of hydrazone groups is 1. The van der Waals surface area contributed by atoms with E-state index in [0.29, 0.717) is 0 Å². The molecule has 2 aromatic carbocycles. The largest absolute Gasteiger partial charge is 0.321 e. The van der Waals surface area contributed by atoms with Gasteiger partial charge in [-0.15, -0.1) is 0 Å². The van der Waals surface area contributed by atoms with Gasteiger partial charge in [-0.1, -0.05) is 42.5 Å². The molecule has 1 amide bonds. The monoisotopic (exact) mass is 340 g/mol. The summed E-state index contributed by atoms with van der Waals surface area (Å²) in [6.45, 7) is 1.99. The third-order valence-corrected chi connectivity index (χ3v) is 4.56. The summed E-state index contributed by atoms with van der Waals surface area (Å²) in [5.41, 5.74) is 4.40.